The fraction of sp³-hybridized carbons (Fsp3) is 0.350. The van der Waals surface area contributed by atoms with Crippen molar-refractivity contribution in [1.29, 1.82) is 0 Å². The van der Waals surface area contributed by atoms with E-state index in [1.54, 1.807) is 38.1 Å². The third kappa shape index (κ3) is 5.95. The standard InChI is InChI=1S/C20H23NO7S/c1-5-26-20(24)18-12(2)13(3)29-19(18)21-16(22)10-28-17(23)11-27-15-9-7-6-8-14(15)25-4/h6-9H,5,10-11H2,1-4H3,(H,21,22). The van der Waals surface area contributed by atoms with E-state index in [0.717, 1.165) is 10.4 Å². The van der Waals surface area contributed by atoms with Gasteiger partial charge in [0.25, 0.3) is 5.91 Å². The van der Waals surface area contributed by atoms with Gasteiger partial charge in [-0.2, -0.15) is 0 Å². The first-order valence-electron chi connectivity index (χ1n) is 8.85. The van der Waals surface area contributed by atoms with E-state index in [0.29, 0.717) is 22.1 Å². The Bertz CT molecular complexity index is 891. The summed E-state index contributed by atoms with van der Waals surface area (Å²) in [5.41, 5.74) is 1.06. The molecule has 0 bridgehead atoms. The summed E-state index contributed by atoms with van der Waals surface area (Å²) in [6, 6.07) is 6.85. The summed E-state index contributed by atoms with van der Waals surface area (Å²) in [5, 5.41) is 2.97. The summed E-state index contributed by atoms with van der Waals surface area (Å²) >= 11 is 1.26. The van der Waals surface area contributed by atoms with Gasteiger partial charge in [0.2, 0.25) is 0 Å². The van der Waals surface area contributed by atoms with E-state index in [1.165, 1.54) is 18.4 Å². The molecule has 1 heterocycles. The van der Waals surface area contributed by atoms with Crippen LogP contribution in [0.1, 0.15) is 27.7 Å². The van der Waals surface area contributed by atoms with Crippen LogP contribution in [-0.4, -0.2) is 44.8 Å². The summed E-state index contributed by atoms with van der Waals surface area (Å²) in [7, 11) is 1.49. The number of anilines is 1. The van der Waals surface area contributed by atoms with Crippen molar-refractivity contribution in [3.05, 3.63) is 40.3 Å². The van der Waals surface area contributed by atoms with Gasteiger partial charge in [-0.3, -0.25) is 4.79 Å². The van der Waals surface area contributed by atoms with Crippen LogP contribution in [0.15, 0.2) is 24.3 Å². The Morgan fingerprint density at radius 2 is 1.72 bits per heavy atom. The molecule has 1 aromatic heterocycles. The highest BCUT2D eigenvalue weighted by Gasteiger charge is 2.22. The smallest absolute Gasteiger partial charge is 0.344 e. The number of hydrogen-bond acceptors (Lipinski definition) is 8. The first kappa shape index (κ1) is 22.2. The van der Waals surface area contributed by atoms with Crippen molar-refractivity contribution in [1.82, 2.24) is 0 Å². The van der Waals surface area contributed by atoms with Crippen LogP contribution in [0.4, 0.5) is 5.00 Å². The molecule has 156 valence electrons. The maximum absolute atomic E-state index is 12.2. The van der Waals surface area contributed by atoms with Crippen molar-refractivity contribution in [2.45, 2.75) is 20.8 Å². The van der Waals surface area contributed by atoms with Gasteiger partial charge in [-0.1, -0.05) is 12.1 Å². The monoisotopic (exact) mass is 421 g/mol. The van der Waals surface area contributed by atoms with Gasteiger partial charge in [-0.25, -0.2) is 9.59 Å². The highest BCUT2D eigenvalue weighted by atomic mass is 32.1. The predicted molar refractivity (Wildman–Crippen MR) is 108 cm³/mol. The average Bonchev–Trinajstić information content (AvgIpc) is 2.98. The van der Waals surface area contributed by atoms with Gasteiger partial charge in [-0.05, 0) is 38.5 Å². The van der Waals surface area contributed by atoms with Crippen LogP contribution in [0, 0.1) is 13.8 Å². The molecule has 0 saturated carbocycles. The Kier molecular flexibility index (Phi) is 8.02. The molecule has 0 aliphatic rings. The van der Waals surface area contributed by atoms with Crippen LogP contribution in [0.3, 0.4) is 0 Å². The third-order valence-electron chi connectivity index (χ3n) is 3.90. The second kappa shape index (κ2) is 10.5. The minimum Gasteiger partial charge on any atom is -0.493 e. The zero-order valence-electron chi connectivity index (χ0n) is 16.7. The fourth-order valence-corrected chi connectivity index (χ4v) is 3.45. The lowest BCUT2D eigenvalue weighted by Crippen LogP contribution is -2.24. The largest absolute Gasteiger partial charge is 0.493 e. The van der Waals surface area contributed by atoms with Crippen LogP contribution < -0.4 is 14.8 Å². The van der Waals surface area contributed by atoms with Crippen LogP contribution in [-0.2, 0) is 19.1 Å². The number of carbonyl (C=O) groups is 3. The molecule has 29 heavy (non-hydrogen) atoms. The number of methoxy groups -OCH3 is 1. The van der Waals surface area contributed by atoms with Gasteiger partial charge >= 0.3 is 11.9 Å². The number of esters is 2. The highest BCUT2D eigenvalue weighted by Crippen LogP contribution is 2.33. The zero-order chi connectivity index (χ0) is 21.4. The Morgan fingerprint density at radius 3 is 2.38 bits per heavy atom. The molecule has 2 aromatic rings. The number of rotatable bonds is 9. The number of hydrogen-bond donors (Lipinski definition) is 1. The molecular formula is C20H23NO7S. The van der Waals surface area contributed by atoms with Gasteiger partial charge in [0.15, 0.2) is 24.7 Å². The van der Waals surface area contributed by atoms with E-state index < -0.39 is 24.5 Å². The molecule has 1 N–H and O–H groups in total. The number of carbonyl (C=O) groups excluding carboxylic acids is 3. The molecule has 0 radical (unpaired) electrons. The quantitative estimate of drug-likeness (QED) is 0.621. The summed E-state index contributed by atoms with van der Waals surface area (Å²) < 4.78 is 20.4. The van der Waals surface area contributed by atoms with E-state index in [-0.39, 0.29) is 13.2 Å². The lowest BCUT2D eigenvalue weighted by atomic mass is 10.1. The van der Waals surface area contributed by atoms with Gasteiger partial charge < -0.3 is 24.3 Å². The summed E-state index contributed by atoms with van der Waals surface area (Å²) in [6.45, 7) is 4.67. The Hall–Kier alpha value is -3.07. The topological polar surface area (TPSA) is 100 Å². The lowest BCUT2D eigenvalue weighted by molar-refractivity contribution is -0.149. The van der Waals surface area contributed by atoms with E-state index >= 15 is 0 Å². The Morgan fingerprint density at radius 1 is 1.03 bits per heavy atom. The predicted octanol–water partition coefficient (Wildman–Crippen LogP) is 3.11. The molecule has 0 fully saturated rings. The minimum atomic E-state index is -0.713. The molecule has 0 atom stereocenters. The number of ether oxygens (including phenoxy) is 4. The molecule has 0 aliphatic heterocycles. The minimum absolute atomic E-state index is 0.227. The Labute approximate surface area is 172 Å². The molecule has 1 aromatic carbocycles. The zero-order valence-corrected chi connectivity index (χ0v) is 17.5. The van der Waals surface area contributed by atoms with E-state index in [9.17, 15) is 14.4 Å². The van der Waals surface area contributed by atoms with Crippen molar-refractivity contribution in [2.24, 2.45) is 0 Å². The number of para-hydroxylation sites is 2. The molecule has 2 rings (SSSR count). The molecule has 9 heteroatoms. The summed E-state index contributed by atoms with van der Waals surface area (Å²) in [5.74, 6) is -0.919. The van der Waals surface area contributed by atoms with Gasteiger partial charge in [0.05, 0.1) is 19.3 Å². The summed E-state index contributed by atoms with van der Waals surface area (Å²) in [4.78, 5) is 37.0. The molecule has 8 nitrogen and oxygen atoms in total. The molecule has 1 amide bonds. The molecular weight excluding hydrogens is 398 g/mol. The van der Waals surface area contributed by atoms with Gasteiger partial charge in [-0.15, -0.1) is 11.3 Å². The van der Waals surface area contributed by atoms with Gasteiger partial charge in [0.1, 0.15) is 5.00 Å². The first-order valence-corrected chi connectivity index (χ1v) is 9.67. The number of amides is 1. The maximum Gasteiger partial charge on any atom is 0.344 e. The fourth-order valence-electron chi connectivity index (χ4n) is 2.39. The molecule has 0 aliphatic carbocycles. The number of nitrogens with one attached hydrogen (secondary N) is 1. The maximum atomic E-state index is 12.2. The molecule has 0 saturated heterocycles. The molecule has 0 unspecified atom stereocenters. The van der Waals surface area contributed by atoms with Crippen molar-refractivity contribution in [3.63, 3.8) is 0 Å². The van der Waals surface area contributed by atoms with Gasteiger partial charge in [0, 0.05) is 4.88 Å². The highest BCUT2D eigenvalue weighted by molar-refractivity contribution is 7.16. The second-order valence-electron chi connectivity index (χ2n) is 5.86. The van der Waals surface area contributed by atoms with Crippen LogP contribution in [0.25, 0.3) is 0 Å². The van der Waals surface area contributed by atoms with Crippen molar-refractivity contribution in [2.75, 3.05) is 32.2 Å². The van der Waals surface area contributed by atoms with E-state index in [1.807, 2.05) is 6.92 Å². The third-order valence-corrected chi connectivity index (χ3v) is 5.02. The normalized spacial score (nSPS) is 10.2. The lowest BCUT2D eigenvalue weighted by Gasteiger charge is -2.10. The number of thiophene rings is 1. The first-order chi connectivity index (χ1) is 13.9. The number of aryl methyl sites for hydroxylation is 1. The van der Waals surface area contributed by atoms with Crippen LogP contribution in [0.2, 0.25) is 0 Å². The van der Waals surface area contributed by atoms with Crippen molar-refractivity contribution < 1.29 is 33.3 Å². The molecule has 0 spiro atoms. The van der Waals surface area contributed by atoms with Crippen LogP contribution in [0.5, 0.6) is 11.5 Å². The van der Waals surface area contributed by atoms with Crippen molar-refractivity contribution >= 4 is 34.2 Å². The Balaban J connectivity index is 1.89. The van der Waals surface area contributed by atoms with E-state index in [2.05, 4.69) is 5.32 Å². The average molecular weight is 421 g/mol. The SMILES string of the molecule is CCOC(=O)c1c(NC(=O)COC(=O)COc2ccccc2OC)sc(C)c1C. The second-order valence-corrected chi connectivity index (χ2v) is 7.08. The van der Waals surface area contributed by atoms with E-state index in [4.69, 9.17) is 18.9 Å². The van der Waals surface area contributed by atoms with Crippen molar-refractivity contribution in [3.8, 4) is 11.5 Å². The number of benzene rings is 1. The van der Waals surface area contributed by atoms with Crippen LogP contribution >= 0.6 is 11.3 Å². The summed E-state index contributed by atoms with van der Waals surface area (Å²) in [6.07, 6.45) is 0.